The summed E-state index contributed by atoms with van der Waals surface area (Å²) >= 11 is 0. The molecule has 1 atom stereocenters. The highest BCUT2D eigenvalue weighted by Crippen LogP contribution is 2.39. The Morgan fingerprint density at radius 3 is 2.96 bits per heavy atom. The van der Waals surface area contributed by atoms with Crippen LogP contribution in [0.2, 0.25) is 0 Å². The fourth-order valence-electron chi connectivity index (χ4n) is 3.35. The zero-order valence-electron chi connectivity index (χ0n) is 13.4. The zero-order chi connectivity index (χ0) is 15.9. The lowest BCUT2D eigenvalue weighted by Gasteiger charge is -2.12. The molecule has 1 saturated carbocycles. The standard InChI is InChI=1S/C18H20N6/c1-2-16(23-17(3-1)22-14-6-7-19-9-14)15-10-21-24-11-13(12-4-5-12)8-20-18(15)24/h1-3,8,10-12,14,19H,4-7,9H2,(H,22,23). The number of anilines is 1. The van der Waals surface area contributed by atoms with Crippen molar-refractivity contribution >= 4 is 11.5 Å². The van der Waals surface area contributed by atoms with Gasteiger partial charge in [-0.1, -0.05) is 6.07 Å². The van der Waals surface area contributed by atoms with E-state index in [1.165, 1.54) is 18.4 Å². The van der Waals surface area contributed by atoms with Crippen LogP contribution in [0.4, 0.5) is 5.82 Å². The van der Waals surface area contributed by atoms with Gasteiger partial charge in [-0.25, -0.2) is 14.5 Å². The van der Waals surface area contributed by atoms with Crippen LogP contribution in [-0.2, 0) is 0 Å². The van der Waals surface area contributed by atoms with Crippen molar-refractivity contribution in [1.29, 1.82) is 0 Å². The molecular weight excluding hydrogens is 300 g/mol. The van der Waals surface area contributed by atoms with E-state index in [0.29, 0.717) is 12.0 Å². The van der Waals surface area contributed by atoms with Crippen LogP contribution in [0.5, 0.6) is 0 Å². The molecule has 1 aliphatic carbocycles. The summed E-state index contributed by atoms with van der Waals surface area (Å²) in [5.74, 6) is 1.59. The van der Waals surface area contributed by atoms with Gasteiger partial charge in [-0.05, 0) is 49.4 Å². The van der Waals surface area contributed by atoms with E-state index in [-0.39, 0.29) is 0 Å². The Morgan fingerprint density at radius 2 is 2.12 bits per heavy atom. The molecule has 6 heteroatoms. The Balaban J connectivity index is 1.47. The summed E-state index contributed by atoms with van der Waals surface area (Å²) in [6.07, 6.45) is 9.63. The number of rotatable bonds is 4. The summed E-state index contributed by atoms with van der Waals surface area (Å²) in [6.45, 7) is 2.06. The molecule has 24 heavy (non-hydrogen) atoms. The van der Waals surface area contributed by atoms with Crippen LogP contribution in [0.3, 0.4) is 0 Å². The van der Waals surface area contributed by atoms with Crippen molar-refractivity contribution in [3.8, 4) is 11.3 Å². The summed E-state index contributed by atoms with van der Waals surface area (Å²) in [7, 11) is 0. The molecule has 0 aromatic carbocycles. The summed E-state index contributed by atoms with van der Waals surface area (Å²) in [4.78, 5) is 9.41. The highest BCUT2D eigenvalue weighted by atomic mass is 15.2. The van der Waals surface area contributed by atoms with Crippen LogP contribution >= 0.6 is 0 Å². The van der Waals surface area contributed by atoms with Crippen LogP contribution in [0.15, 0.2) is 36.8 Å². The number of nitrogens with zero attached hydrogens (tertiary/aromatic N) is 4. The molecule has 0 bridgehead atoms. The van der Waals surface area contributed by atoms with E-state index in [9.17, 15) is 0 Å². The minimum Gasteiger partial charge on any atom is -0.366 e. The van der Waals surface area contributed by atoms with E-state index < -0.39 is 0 Å². The number of aromatic nitrogens is 4. The molecule has 2 fully saturated rings. The molecule has 3 aromatic rings. The average molecular weight is 320 g/mol. The molecule has 0 amide bonds. The molecule has 122 valence electrons. The largest absolute Gasteiger partial charge is 0.366 e. The number of fused-ring (bicyclic) bond motifs is 1. The Morgan fingerprint density at radius 1 is 1.17 bits per heavy atom. The fraction of sp³-hybridized carbons (Fsp3) is 0.389. The van der Waals surface area contributed by atoms with E-state index in [1.54, 1.807) is 0 Å². The predicted octanol–water partition coefficient (Wildman–Crippen LogP) is 2.44. The summed E-state index contributed by atoms with van der Waals surface area (Å²) in [5.41, 5.74) is 4.04. The molecule has 4 heterocycles. The van der Waals surface area contributed by atoms with E-state index in [4.69, 9.17) is 4.98 Å². The highest BCUT2D eigenvalue weighted by Gasteiger charge is 2.24. The van der Waals surface area contributed by atoms with Crippen LogP contribution in [0.1, 0.15) is 30.7 Å². The smallest absolute Gasteiger partial charge is 0.164 e. The second-order valence-electron chi connectivity index (χ2n) is 6.73. The minimum absolute atomic E-state index is 0.455. The second-order valence-corrected chi connectivity index (χ2v) is 6.73. The van der Waals surface area contributed by atoms with E-state index >= 15 is 0 Å². The highest BCUT2D eigenvalue weighted by molar-refractivity contribution is 5.75. The van der Waals surface area contributed by atoms with Crippen molar-refractivity contribution in [2.75, 3.05) is 18.4 Å². The van der Waals surface area contributed by atoms with Gasteiger partial charge >= 0.3 is 0 Å². The van der Waals surface area contributed by atoms with Gasteiger partial charge < -0.3 is 10.6 Å². The lowest BCUT2D eigenvalue weighted by atomic mass is 10.2. The molecule has 5 rings (SSSR count). The van der Waals surface area contributed by atoms with Gasteiger partial charge in [0.15, 0.2) is 5.65 Å². The van der Waals surface area contributed by atoms with Gasteiger partial charge in [0, 0.05) is 25.0 Å². The predicted molar refractivity (Wildman–Crippen MR) is 93.1 cm³/mol. The first-order valence-corrected chi connectivity index (χ1v) is 8.65. The Hall–Kier alpha value is -2.47. The van der Waals surface area contributed by atoms with Crippen molar-refractivity contribution in [2.24, 2.45) is 0 Å². The fourth-order valence-corrected chi connectivity index (χ4v) is 3.35. The number of nitrogens with one attached hydrogen (secondary N) is 2. The lowest BCUT2D eigenvalue weighted by molar-refractivity contribution is 0.788. The van der Waals surface area contributed by atoms with Crippen LogP contribution in [0, 0.1) is 0 Å². The van der Waals surface area contributed by atoms with Gasteiger partial charge in [0.05, 0.1) is 17.5 Å². The first-order chi connectivity index (χ1) is 11.9. The Labute approximate surface area is 140 Å². The van der Waals surface area contributed by atoms with Gasteiger partial charge in [-0.2, -0.15) is 5.10 Å². The zero-order valence-corrected chi connectivity index (χ0v) is 13.4. The van der Waals surface area contributed by atoms with Crippen molar-refractivity contribution in [2.45, 2.75) is 31.2 Å². The maximum absolute atomic E-state index is 4.77. The normalized spacial score (nSPS) is 20.6. The van der Waals surface area contributed by atoms with Gasteiger partial charge in [0.1, 0.15) is 5.82 Å². The molecule has 1 saturated heterocycles. The van der Waals surface area contributed by atoms with Crippen molar-refractivity contribution in [3.05, 3.63) is 42.4 Å². The third-order valence-corrected chi connectivity index (χ3v) is 4.86. The first-order valence-electron chi connectivity index (χ1n) is 8.65. The average Bonchev–Trinajstić information content (AvgIpc) is 3.18. The molecule has 3 aromatic heterocycles. The van der Waals surface area contributed by atoms with Crippen molar-refractivity contribution in [1.82, 2.24) is 24.9 Å². The molecule has 0 spiro atoms. The van der Waals surface area contributed by atoms with Crippen LogP contribution in [0.25, 0.3) is 16.9 Å². The van der Waals surface area contributed by atoms with Crippen LogP contribution < -0.4 is 10.6 Å². The van der Waals surface area contributed by atoms with Crippen molar-refractivity contribution < 1.29 is 0 Å². The lowest BCUT2D eigenvalue weighted by Crippen LogP contribution is -2.22. The first kappa shape index (κ1) is 13.9. The van der Waals surface area contributed by atoms with Crippen molar-refractivity contribution in [3.63, 3.8) is 0 Å². The molecular formula is C18H20N6. The van der Waals surface area contributed by atoms with E-state index in [2.05, 4.69) is 26.9 Å². The second kappa shape index (κ2) is 5.56. The quantitative estimate of drug-likeness (QED) is 0.773. The third-order valence-electron chi connectivity index (χ3n) is 4.86. The molecule has 6 nitrogen and oxygen atoms in total. The Kier molecular flexibility index (Phi) is 3.23. The van der Waals surface area contributed by atoms with Gasteiger partial charge in [-0.15, -0.1) is 0 Å². The van der Waals surface area contributed by atoms with Gasteiger partial charge in [-0.3, -0.25) is 0 Å². The summed E-state index contributed by atoms with van der Waals surface area (Å²) in [6, 6.07) is 6.53. The van der Waals surface area contributed by atoms with E-state index in [1.807, 2.05) is 35.1 Å². The number of pyridine rings is 1. The molecule has 2 aliphatic rings. The molecule has 1 unspecified atom stereocenters. The summed E-state index contributed by atoms with van der Waals surface area (Å²) < 4.78 is 1.88. The number of hydrogen-bond acceptors (Lipinski definition) is 5. The summed E-state index contributed by atoms with van der Waals surface area (Å²) in [5, 5.41) is 11.3. The van der Waals surface area contributed by atoms with E-state index in [0.717, 1.165) is 42.2 Å². The Bertz CT molecular complexity index is 876. The molecule has 1 aliphatic heterocycles. The molecule has 0 radical (unpaired) electrons. The maximum atomic E-state index is 4.77. The van der Waals surface area contributed by atoms with Gasteiger partial charge in [0.25, 0.3) is 0 Å². The minimum atomic E-state index is 0.455. The number of hydrogen-bond donors (Lipinski definition) is 2. The SMILES string of the molecule is c1cc(NC2CCNC2)nc(-c2cnn3cc(C4CC4)cnc23)c1. The van der Waals surface area contributed by atoms with Gasteiger partial charge in [0.2, 0.25) is 0 Å². The molecule has 2 N–H and O–H groups in total. The van der Waals surface area contributed by atoms with Crippen LogP contribution in [-0.4, -0.2) is 38.7 Å². The monoisotopic (exact) mass is 320 g/mol. The third kappa shape index (κ3) is 2.53. The maximum Gasteiger partial charge on any atom is 0.164 e. The topological polar surface area (TPSA) is 67.1 Å².